The standard InChI is InChI=1S/C16H27N3O2/c1-11(2)13(9-17)16(20)18-14-8-12(10-19(3)4)6-7-15(14)21-5/h6-8,11,13H,9-10,17H2,1-5H3,(H,18,20). The molecule has 1 aromatic rings. The summed E-state index contributed by atoms with van der Waals surface area (Å²) >= 11 is 0. The van der Waals surface area contributed by atoms with E-state index < -0.39 is 0 Å². The van der Waals surface area contributed by atoms with E-state index in [-0.39, 0.29) is 17.7 Å². The Bertz CT molecular complexity index is 473. The van der Waals surface area contributed by atoms with E-state index in [0.29, 0.717) is 18.0 Å². The number of nitrogens with two attached hydrogens (primary N) is 1. The SMILES string of the molecule is COc1ccc(CN(C)C)cc1NC(=O)C(CN)C(C)C. The first-order valence-corrected chi connectivity index (χ1v) is 7.21. The highest BCUT2D eigenvalue weighted by Crippen LogP contribution is 2.27. The number of nitrogens with zero attached hydrogens (tertiary/aromatic N) is 1. The molecule has 0 heterocycles. The second-order valence-corrected chi connectivity index (χ2v) is 5.85. The van der Waals surface area contributed by atoms with Gasteiger partial charge in [0.25, 0.3) is 0 Å². The maximum atomic E-state index is 12.3. The Labute approximate surface area is 127 Å². The van der Waals surface area contributed by atoms with Crippen LogP contribution in [-0.2, 0) is 11.3 Å². The van der Waals surface area contributed by atoms with Crippen LogP contribution in [0, 0.1) is 11.8 Å². The lowest BCUT2D eigenvalue weighted by Gasteiger charge is -2.20. The van der Waals surface area contributed by atoms with Gasteiger partial charge >= 0.3 is 0 Å². The predicted molar refractivity (Wildman–Crippen MR) is 86.4 cm³/mol. The minimum Gasteiger partial charge on any atom is -0.495 e. The molecule has 5 heteroatoms. The van der Waals surface area contributed by atoms with Crippen molar-refractivity contribution >= 4 is 11.6 Å². The molecule has 0 aliphatic carbocycles. The van der Waals surface area contributed by atoms with Crippen LogP contribution in [0.1, 0.15) is 19.4 Å². The highest BCUT2D eigenvalue weighted by Gasteiger charge is 2.21. The number of carbonyl (C=O) groups excluding carboxylic acids is 1. The summed E-state index contributed by atoms with van der Waals surface area (Å²) in [7, 11) is 5.61. The molecule has 3 N–H and O–H groups in total. The number of nitrogens with one attached hydrogen (secondary N) is 1. The van der Waals surface area contributed by atoms with Gasteiger partial charge < -0.3 is 20.7 Å². The highest BCUT2D eigenvalue weighted by atomic mass is 16.5. The van der Waals surface area contributed by atoms with E-state index in [1.54, 1.807) is 7.11 Å². The summed E-state index contributed by atoms with van der Waals surface area (Å²) < 4.78 is 5.32. The van der Waals surface area contributed by atoms with Crippen LogP contribution >= 0.6 is 0 Å². The maximum Gasteiger partial charge on any atom is 0.229 e. The topological polar surface area (TPSA) is 67.6 Å². The van der Waals surface area contributed by atoms with Crippen molar-refractivity contribution < 1.29 is 9.53 Å². The predicted octanol–water partition coefficient (Wildman–Crippen LogP) is 1.93. The summed E-state index contributed by atoms with van der Waals surface area (Å²) in [6.07, 6.45) is 0. The lowest BCUT2D eigenvalue weighted by atomic mass is 9.95. The molecular weight excluding hydrogens is 266 g/mol. The van der Waals surface area contributed by atoms with Crippen molar-refractivity contribution in [1.29, 1.82) is 0 Å². The zero-order chi connectivity index (χ0) is 16.0. The van der Waals surface area contributed by atoms with Gasteiger partial charge in [-0.1, -0.05) is 19.9 Å². The molecule has 0 radical (unpaired) electrons. The van der Waals surface area contributed by atoms with Crippen LogP contribution in [-0.4, -0.2) is 38.6 Å². The average molecular weight is 293 g/mol. The molecule has 5 nitrogen and oxygen atoms in total. The minimum absolute atomic E-state index is 0.0622. The molecular formula is C16H27N3O2. The van der Waals surface area contributed by atoms with Crippen LogP contribution in [0.5, 0.6) is 5.75 Å². The first-order chi connectivity index (χ1) is 9.88. The van der Waals surface area contributed by atoms with E-state index in [1.807, 2.05) is 46.1 Å². The summed E-state index contributed by atoms with van der Waals surface area (Å²) in [6.45, 7) is 5.13. The average Bonchev–Trinajstić information content (AvgIpc) is 2.38. The van der Waals surface area contributed by atoms with Crippen molar-refractivity contribution in [2.45, 2.75) is 20.4 Å². The molecule has 0 fully saturated rings. The van der Waals surface area contributed by atoms with Gasteiger partial charge in [0.2, 0.25) is 5.91 Å². The first kappa shape index (κ1) is 17.5. The number of ether oxygens (including phenoxy) is 1. The Kier molecular flexibility index (Phi) is 6.65. The molecule has 118 valence electrons. The number of rotatable bonds is 7. The van der Waals surface area contributed by atoms with Crippen LogP contribution in [0.4, 0.5) is 5.69 Å². The Morgan fingerprint density at radius 2 is 2.05 bits per heavy atom. The van der Waals surface area contributed by atoms with Gasteiger partial charge in [-0.15, -0.1) is 0 Å². The zero-order valence-electron chi connectivity index (χ0n) is 13.6. The molecule has 21 heavy (non-hydrogen) atoms. The van der Waals surface area contributed by atoms with Crippen LogP contribution in [0.3, 0.4) is 0 Å². The summed E-state index contributed by atoms with van der Waals surface area (Å²) in [5.41, 5.74) is 7.51. The minimum atomic E-state index is -0.202. The quantitative estimate of drug-likeness (QED) is 0.806. The Hall–Kier alpha value is -1.59. The molecule has 1 aromatic carbocycles. The van der Waals surface area contributed by atoms with Crippen LogP contribution in [0.15, 0.2) is 18.2 Å². The molecule has 0 bridgehead atoms. The van der Waals surface area contributed by atoms with Gasteiger partial charge in [0.1, 0.15) is 5.75 Å². The Balaban J connectivity index is 2.96. The second-order valence-electron chi connectivity index (χ2n) is 5.85. The van der Waals surface area contributed by atoms with Crippen molar-refractivity contribution in [3.63, 3.8) is 0 Å². The molecule has 1 rings (SSSR count). The molecule has 0 saturated carbocycles. The van der Waals surface area contributed by atoms with Crippen LogP contribution in [0.25, 0.3) is 0 Å². The van der Waals surface area contributed by atoms with E-state index in [9.17, 15) is 4.79 Å². The van der Waals surface area contributed by atoms with Gasteiger partial charge in [0.05, 0.1) is 18.7 Å². The molecule has 0 aromatic heterocycles. The highest BCUT2D eigenvalue weighted by molar-refractivity contribution is 5.94. The van der Waals surface area contributed by atoms with Crippen LogP contribution < -0.4 is 15.8 Å². The summed E-state index contributed by atoms with van der Waals surface area (Å²) in [5.74, 6) is 0.594. The van der Waals surface area contributed by atoms with Crippen molar-refractivity contribution in [2.75, 3.05) is 33.1 Å². The lowest BCUT2D eigenvalue weighted by Crippen LogP contribution is -2.33. The molecule has 1 amide bonds. The van der Waals surface area contributed by atoms with Gasteiger partial charge in [-0.05, 0) is 37.7 Å². The Morgan fingerprint density at radius 3 is 2.52 bits per heavy atom. The fourth-order valence-electron chi connectivity index (χ4n) is 2.22. The molecule has 0 aliphatic rings. The summed E-state index contributed by atoms with van der Waals surface area (Å²) in [6, 6.07) is 5.82. The molecule has 0 spiro atoms. The molecule has 1 unspecified atom stereocenters. The smallest absolute Gasteiger partial charge is 0.229 e. The van der Waals surface area contributed by atoms with Gasteiger partial charge in [-0.2, -0.15) is 0 Å². The van der Waals surface area contributed by atoms with Crippen molar-refractivity contribution in [2.24, 2.45) is 17.6 Å². The second kappa shape index (κ2) is 8.00. The number of benzene rings is 1. The third kappa shape index (κ3) is 5.02. The first-order valence-electron chi connectivity index (χ1n) is 7.21. The van der Waals surface area contributed by atoms with Gasteiger partial charge in [0, 0.05) is 13.1 Å². The van der Waals surface area contributed by atoms with E-state index >= 15 is 0 Å². The number of hydrogen-bond acceptors (Lipinski definition) is 4. The molecule has 1 atom stereocenters. The largest absolute Gasteiger partial charge is 0.495 e. The zero-order valence-corrected chi connectivity index (χ0v) is 13.6. The van der Waals surface area contributed by atoms with Crippen LogP contribution in [0.2, 0.25) is 0 Å². The van der Waals surface area contributed by atoms with Gasteiger partial charge in [-0.3, -0.25) is 4.79 Å². The van der Waals surface area contributed by atoms with Gasteiger partial charge in [-0.25, -0.2) is 0 Å². The van der Waals surface area contributed by atoms with E-state index in [4.69, 9.17) is 10.5 Å². The molecule has 0 saturated heterocycles. The number of methoxy groups -OCH3 is 1. The monoisotopic (exact) mass is 293 g/mol. The third-order valence-electron chi connectivity index (χ3n) is 3.42. The van der Waals surface area contributed by atoms with Gasteiger partial charge in [0.15, 0.2) is 0 Å². The third-order valence-corrected chi connectivity index (χ3v) is 3.42. The lowest BCUT2D eigenvalue weighted by molar-refractivity contribution is -0.120. The number of hydrogen-bond donors (Lipinski definition) is 2. The van der Waals surface area contributed by atoms with E-state index in [1.165, 1.54) is 0 Å². The maximum absolute atomic E-state index is 12.3. The summed E-state index contributed by atoms with van der Waals surface area (Å²) in [4.78, 5) is 14.4. The molecule has 0 aliphatic heterocycles. The Morgan fingerprint density at radius 1 is 1.38 bits per heavy atom. The van der Waals surface area contributed by atoms with E-state index in [0.717, 1.165) is 12.1 Å². The van der Waals surface area contributed by atoms with Crippen molar-refractivity contribution in [3.05, 3.63) is 23.8 Å². The summed E-state index contributed by atoms with van der Waals surface area (Å²) in [5, 5.41) is 2.94. The number of amides is 1. The number of anilines is 1. The van der Waals surface area contributed by atoms with Crippen molar-refractivity contribution in [3.8, 4) is 5.75 Å². The normalized spacial score (nSPS) is 12.6. The fourth-order valence-corrected chi connectivity index (χ4v) is 2.22. The number of carbonyl (C=O) groups is 1. The fraction of sp³-hybridized carbons (Fsp3) is 0.562. The van der Waals surface area contributed by atoms with Crippen molar-refractivity contribution in [1.82, 2.24) is 4.90 Å². The van der Waals surface area contributed by atoms with E-state index in [2.05, 4.69) is 10.2 Å².